The van der Waals surface area contributed by atoms with Crippen molar-refractivity contribution in [1.29, 1.82) is 0 Å². The van der Waals surface area contributed by atoms with Crippen molar-refractivity contribution in [1.82, 2.24) is 5.32 Å². The molecule has 0 saturated carbocycles. The van der Waals surface area contributed by atoms with E-state index < -0.39 is 0 Å². The third-order valence-electron chi connectivity index (χ3n) is 3.56. The van der Waals surface area contributed by atoms with Gasteiger partial charge in [-0.3, -0.25) is 0 Å². The minimum absolute atomic E-state index is 0.667. The SMILES string of the molecule is CCCCC(CC)COCCNC(CC)CC. The first kappa shape index (κ1) is 16.9. The Morgan fingerprint density at radius 3 is 2.24 bits per heavy atom. The fraction of sp³-hybridized carbons (Fsp3) is 1.00. The summed E-state index contributed by atoms with van der Waals surface area (Å²) >= 11 is 0. The molecule has 1 atom stereocenters. The second kappa shape index (κ2) is 12.4. The van der Waals surface area contributed by atoms with Gasteiger partial charge in [-0.15, -0.1) is 0 Å². The lowest BCUT2D eigenvalue weighted by Gasteiger charge is -2.17. The fourth-order valence-corrected chi connectivity index (χ4v) is 2.06. The van der Waals surface area contributed by atoms with Crippen molar-refractivity contribution in [3.8, 4) is 0 Å². The van der Waals surface area contributed by atoms with E-state index >= 15 is 0 Å². The van der Waals surface area contributed by atoms with Gasteiger partial charge in [0, 0.05) is 19.2 Å². The first-order chi connectivity index (χ1) is 8.28. The number of ether oxygens (including phenoxy) is 1. The smallest absolute Gasteiger partial charge is 0.0591 e. The van der Waals surface area contributed by atoms with Gasteiger partial charge in [0.25, 0.3) is 0 Å². The average molecular weight is 243 g/mol. The van der Waals surface area contributed by atoms with Gasteiger partial charge in [0.15, 0.2) is 0 Å². The quantitative estimate of drug-likeness (QED) is 0.523. The van der Waals surface area contributed by atoms with Crippen molar-refractivity contribution >= 4 is 0 Å². The summed E-state index contributed by atoms with van der Waals surface area (Å²) < 4.78 is 5.76. The zero-order valence-corrected chi connectivity index (χ0v) is 12.4. The van der Waals surface area contributed by atoms with Crippen LogP contribution < -0.4 is 5.32 Å². The summed E-state index contributed by atoms with van der Waals surface area (Å²) in [5.41, 5.74) is 0. The minimum atomic E-state index is 0.667. The molecule has 0 fully saturated rings. The van der Waals surface area contributed by atoms with E-state index in [9.17, 15) is 0 Å². The zero-order valence-electron chi connectivity index (χ0n) is 12.4. The highest BCUT2D eigenvalue weighted by molar-refractivity contribution is 4.62. The van der Waals surface area contributed by atoms with Gasteiger partial charge in [-0.25, -0.2) is 0 Å². The predicted molar refractivity (Wildman–Crippen MR) is 76.5 cm³/mol. The lowest BCUT2D eigenvalue weighted by Crippen LogP contribution is -2.31. The van der Waals surface area contributed by atoms with Gasteiger partial charge in [0.1, 0.15) is 0 Å². The number of nitrogens with one attached hydrogen (secondary N) is 1. The fourth-order valence-electron chi connectivity index (χ4n) is 2.06. The molecule has 1 unspecified atom stereocenters. The molecule has 0 bridgehead atoms. The molecular weight excluding hydrogens is 210 g/mol. The van der Waals surface area contributed by atoms with Crippen LogP contribution in [0, 0.1) is 5.92 Å². The Balaban J connectivity index is 3.41. The van der Waals surface area contributed by atoms with E-state index in [0.717, 1.165) is 25.7 Å². The number of rotatable bonds is 12. The standard InChI is InChI=1S/C15H33NO/c1-5-9-10-14(6-2)13-17-12-11-16-15(7-3)8-4/h14-16H,5-13H2,1-4H3. The summed E-state index contributed by atoms with van der Waals surface area (Å²) in [6, 6.07) is 0.667. The molecule has 2 heteroatoms. The Kier molecular flexibility index (Phi) is 12.3. The maximum atomic E-state index is 5.76. The van der Waals surface area contributed by atoms with Gasteiger partial charge >= 0.3 is 0 Å². The largest absolute Gasteiger partial charge is 0.380 e. The maximum absolute atomic E-state index is 5.76. The van der Waals surface area contributed by atoms with Crippen LogP contribution in [-0.2, 0) is 4.74 Å². The Morgan fingerprint density at radius 1 is 1.00 bits per heavy atom. The van der Waals surface area contributed by atoms with E-state index in [1.165, 1.54) is 38.5 Å². The molecule has 0 aromatic heterocycles. The van der Waals surface area contributed by atoms with Crippen LogP contribution in [0.25, 0.3) is 0 Å². The summed E-state index contributed by atoms with van der Waals surface area (Å²) in [7, 11) is 0. The van der Waals surface area contributed by atoms with Gasteiger partial charge in [0.05, 0.1) is 6.61 Å². The second-order valence-electron chi connectivity index (χ2n) is 4.96. The molecule has 0 saturated heterocycles. The van der Waals surface area contributed by atoms with Crippen LogP contribution in [0.1, 0.15) is 66.2 Å². The number of unbranched alkanes of at least 4 members (excludes halogenated alkanes) is 1. The Labute approximate surface area is 109 Å². The molecule has 0 amide bonds. The molecule has 0 aromatic carbocycles. The van der Waals surface area contributed by atoms with E-state index in [1.54, 1.807) is 0 Å². The molecule has 104 valence electrons. The van der Waals surface area contributed by atoms with Gasteiger partial charge < -0.3 is 10.1 Å². The number of hydrogen-bond acceptors (Lipinski definition) is 2. The van der Waals surface area contributed by atoms with E-state index in [-0.39, 0.29) is 0 Å². The summed E-state index contributed by atoms with van der Waals surface area (Å²) in [5.74, 6) is 0.767. The molecule has 0 aliphatic rings. The molecule has 0 aliphatic heterocycles. The first-order valence-corrected chi connectivity index (χ1v) is 7.59. The zero-order chi connectivity index (χ0) is 12.9. The van der Waals surface area contributed by atoms with Crippen LogP contribution in [0.3, 0.4) is 0 Å². The third kappa shape index (κ3) is 9.61. The van der Waals surface area contributed by atoms with Crippen LogP contribution in [0.15, 0.2) is 0 Å². The molecule has 0 aromatic rings. The highest BCUT2D eigenvalue weighted by Crippen LogP contribution is 2.12. The molecule has 0 rings (SSSR count). The monoisotopic (exact) mass is 243 g/mol. The van der Waals surface area contributed by atoms with Crippen LogP contribution in [0.2, 0.25) is 0 Å². The molecule has 17 heavy (non-hydrogen) atoms. The topological polar surface area (TPSA) is 21.3 Å². The van der Waals surface area contributed by atoms with E-state index in [4.69, 9.17) is 4.74 Å². The highest BCUT2D eigenvalue weighted by atomic mass is 16.5. The molecular formula is C15H33NO. The van der Waals surface area contributed by atoms with Crippen LogP contribution in [-0.4, -0.2) is 25.8 Å². The van der Waals surface area contributed by atoms with Crippen molar-refractivity contribution < 1.29 is 4.74 Å². The Hall–Kier alpha value is -0.0800. The second-order valence-corrected chi connectivity index (χ2v) is 4.96. The Morgan fingerprint density at radius 2 is 1.71 bits per heavy atom. The molecule has 1 N–H and O–H groups in total. The van der Waals surface area contributed by atoms with Crippen molar-refractivity contribution in [2.75, 3.05) is 19.8 Å². The molecule has 0 spiro atoms. The van der Waals surface area contributed by atoms with Gasteiger partial charge in [-0.1, -0.05) is 47.0 Å². The van der Waals surface area contributed by atoms with E-state index in [0.29, 0.717) is 6.04 Å². The predicted octanol–water partition coefficient (Wildman–Crippen LogP) is 4.00. The number of hydrogen-bond donors (Lipinski definition) is 1. The van der Waals surface area contributed by atoms with Crippen LogP contribution in [0.5, 0.6) is 0 Å². The summed E-state index contributed by atoms with van der Waals surface area (Å²) in [6.45, 7) is 11.8. The van der Waals surface area contributed by atoms with Crippen molar-refractivity contribution in [3.63, 3.8) is 0 Å². The normalized spacial score (nSPS) is 13.2. The lowest BCUT2D eigenvalue weighted by atomic mass is 10.0. The summed E-state index contributed by atoms with van der Waals surface area (Å²) in [5, 5.41) is 3.53. The summed E-state index contributed by atoms with van der Waals surface area (Å²) in [6.07, 6.45) is 7.64. The van der Waals surface area contributed by atoms with Crippen molar-refractivity contribution in [2.24, 2.45) is 5.92 Å². The van der Waals surface area contributed by atoms with Crippen LogP contribution >= 0.6 is 0 Å². The highest BCUT2D eigenvalue weighted by Gasteiger charge is 2.06. The van der Waals surface area contributed by atoms with E-state index in [2.05, 4.69) is 33.0 Å². The summed E-state index contributed by atoms with van der Waals surface area (Å²) in [4.78, 5) is 0. The van der Waals surface area contributed by atoms with Gasteiger partial charge in [-0.2, -0.15) is 0 Å². The molecule has 2 nitrogen and oxygen atoms in total. The first-order valence-electron chi connectivity index (χ1n) is 7.59. The molecule has 0 aliphatic carbocycles. The van der Waals surface area contributed by atoms with Gasteiger partial charge in [-0.05, 0) is 25.2 Å². The van der Waals surface area contributed by atoms with Gasteiger partial charge in [0.2, 0.25) is 0 Å². The lowest BCUT2D eigenvalue weighted by molar-refractivity contribution is 0.0940. The van der Waals surface area contributed by atoms with Crippen LogP contribution in [0.4, 0.5) is 0 Å². The Bertz CT molecular complexity index is 146. The van der Waals surface area contributed by atoms with Crippen molar-refractivity contribution in [2.45, 2.75) is 72.3 Å². The van der Waals surface area contributed by atoms with E-state index in [1.807, 2.05) is 0 Å². The average Bonchev–Trinajstić information content (AvgIpc) is 2.37. The maximum Gasteiger partial charge on any atom is 0.0591 e. The minimum Gasteiger partial charge on any atom is -0.380 e. The third-order valence-corrected chi connectivity index (χ3v) is 3.56. The van der Waals surface area contributed by atoms with Crippen molar-refractivity contribution in [3.05, 3.63) is 0 Å². The molecule has 0 radical (unpaired) electrons. The molecule has 0 heterocycles.